The molecular weight excluding hydrogens is 256 g/mol. The number of fused-ring (bicyclic) bond motifs is 1. The summed E-state index contributed by atoms with van der Waals surface area (Å²) in [5.74, 6) is 0.0964. The largest absolute Gasteiger partial charge is 0.502 e. The minimum absolute atomic E-state index is 0.261. The molecule has 2 rings (SSSR count). The quantitative estimate of drug-likeness (QED) is 0.787. The van der Waals surface area contributed by atoms with Crippen molar-refractivity contribution >= 4 is 10.8 Å². The van der Waals surface area contributed by atoms with Gasteiger partial charge in [0, 0.05) is 10.8 Å². The molecular formula is C16H20O4. The van der Waals surface area contributed by atoms with Crippen LogP contribution in [-0.4, -0.2) is 23.4 Å². The Bertz CT molecular complexity index is 540. The van der Waals surface area contributed by atoms with Gasteiger partial charge in [-0.2, -0.15) is 0 Å². The van der Waals surface area contributed by atoms with E-state index in [0.29, 0.717) is 24.7 Å². The van der Waals surface area contributed by atoms with Gasteiger partial charge in [-0.1, -0.05) is 38.1 Å². The fourth-order valence-corrected chi connectivity index (χ4v) is 2.05. The summed E-state index contributed by atoms with van der Waals surface area (Å²) in [6, 6.07) is 7.42. The van der Waals surface area contributed by atoms with Crippen molar-refractivity contribution in [2.45, 2.75) is 26.7 Å². The molecule has 0 bridgehead atoms. The molecule has 2 aromatic rings. The predicted octanol–water partition coefficient (Wildman–Crippen LogP) is 3.83. The SMILES string of the molecule is CCCOc1c(O)c(O)c(OCCC)c2ccccc12. The van der Waals surface area contributed by atoms with Crippen LogP contribution in [0, 0.1) is 0 Å². The molecule has 0 atom stereocenters. The van der Waals surface area contributed by atoms with Gasteiger partial charge in [0.05, 0.1) is 13.2 Å². The van der Waals surface area contributed by atoms with Crippen LogP contribution in [0.1, 0.15) is 26.7 Å². The number of hydrogen-bond acceptors (Lipinski definition) is 4. The molecule has 4 nitrogen and oxygen atoms in total. The van der Waals surface area contributed by atoms with E-state index < -0.39 is 0 Å². The van der Waals surface area contributed by atoms with Gasteiger partial charge in [0.1, 0.15) is 0 Å². The lowest BCUT2D eigenvalue weighted by Crippen LogP contribution is -2.00. The van der Waals surface area contributed by atoms with Gasteiger partial charge in [-0.25, -0.2) is 0 Å². The third-order valence-corrected chi connectivity index (χ3v) is 2.97. The third-order valence-electron chi connectivity index (χ3n) is 2.97. The fraction of sp³-hybridized carbons (Fsp3) is 0.375. The highest BCUT2D eigenvalue weighted by Gasteiger charge is 2.20. The Hall–Kier alpha value is -2.10. The molecule has 2 aromatic carbocycles. The van der Waals surface area contributed by atoms with Crippen molar-refractivity contribution in [3.8, 4) is 23.0 Å². The Morgan fingerprint density at radius 1 is 0.800 bits per heavy atom. The van der Waals surface area contributed by atoms with Gasteiger partial charge in [0.25, 0.3) is 0 Å². The van der Waals surface area contributed by atoms with E-state index >= 15 is 0 Å². The van der Waals surface area contributed by atoms with Crippen LogP contribution >= 0.6 is 0 Å². The molecule has 108 valence electrons. The van der Waals surface area contributed by atoms with Gasteiger partial charge >= 0.3 is 0 Å². The van der Waals surface area contributed by atoms with E-state index in [9.17, 15) is 10.2 Å². The topological polar surface area (TPSA) is 58.9 Å². The Kier molecular flexibility index (Phi) is 4.56. The maximum atomic E-state index is 10.1. The zero-order chi connectivity index (χ0) is 14.5. The number of rotatable bonds is 6. The molecule has 0 saturated carbocycles. The molecule has 0 spiro atoms. The van der Waals surface area contributed by atoms with Crippen molar-refractivity contribution < 1.29 is 19.7 Å². The Morgan fingerprint density at radius 2 is 1.20 bits per heavy atom. The Balaban J connectivity index is 2.61. The van der Waals surface area contributed by atoms with Crippen LogP contribution in [-0.2, 0) is 0 Å². The highest BCUT2D eigenvalue weighted by molar-refractivity contribution is 5.98. The average molecular weight is 276 g/mol. The molecule has 0 saturated heterocycles. The molecule has 0 aliphatic carbocycles. The third kappa shape index (κ3) is 2.59. The molecule has 0 heterocycles. The summed E-state index contributed by atoms with van der Waals surface area (Å²) in [5, 5.41) is 21.8. The van der Waals surface area contributed by atoms with E-state index in [1.54, 1.807) is 0 Å². The van der Waals surface area contributed by atoms with Gasteiger partial charge in [-0.05, 0) is 12.8 Å². The van der Waals surface area contributed by atoms with Gasteiger partial charge in [-0.3, -0.25) is 0 Å². The van der Waals surface area contributed by atoms with Gasteiger partial charge < -0.3 is 19.7 Å². The maximum absolute atomic E-state index is 10.1. The molecule has 0 amide bonds. The van der Waals surface area contributed by atoms with Crippen LogP contribution in [0.25, 0.3) is 10.8 Å². The second kappa shape index (κ2) is 6.37. The monoisotopic (exact) mass is 276 g/mol. The first-order valence-corrected chi connectivity index (χ1v) is 6.92. The average Bonchev–Trinajstić information content (AvgIpc) is 2.47. The van der Waals surface area contributed by atoms with Crippen molar-refractivity contribution in [2.75, 3.05) is 13.2 Å². The van der Waals surface area contributed by atoms with E-state index in [-0.39, 0.29) is 11.5 Å². The summed E-state index contributed by atoms with van der Waals surface area (Å²) in [4.78, 5) is 0. The molecule has 0 aliphatic heterocycles. The second-order valence-electron chi connectivity index (χ2n) is 4.60. The van der Waals surface area contributed by atoms with Crippen LogP contribution in [0.15, 0.2) is 24.3 Å². The smallest absolute Gasteiger partial charge is 0.205 e. The summed E-state index contributed by atoms with van der Waals surface area (Å²) in [6.45, 7) is 4.92. The van der Waals surface area contributed by atoms with Crippen LogP contribution in [0.4, 0.5) is 0 Å². The minimum Gasteiger partial charge on any atom is -0.502 e. The molecule has 0 fully saturated rings. The van der Waals surface area contributed by atoms with E-state index in [2.05, 4.69) is 0 Å². The van der Waals surface area contributed by atoms with Crippen LogP contribution < -0.4 is 9.47 Å². The second-order valence-corrected chi connectivity index (χ2v) is 4.60. The summed E-state index contributed by atoms with van der Waals surface area (Å²) in [6.07, 6.45) is 1.64. The van der Waals surface area contributed by atoms with Crippen LogP contribution in [0.2, 0.25) is 0 Å². The van der Waals surface area contributed by atoms with Crippen molar-refractivity contribution in [1.82, 2.24) is 0 Å². The zero-order valence-corrected chi connectivity index (χ0v) is 11.8. The number of phenolic OH excluding ortho intramolecular Hbond substituents is 2. The standard InChI is InChI=1S/C16H20O4/c1-3-9-19-15-11-7-5-6-8-12(11)16(20-10-4-2)14(18)13(15)17/h5-8,17-18H,3-4,9-10H2,1-2H3. The molecule has 0 radical (unpaired) electrons. The number of benzene rings is 2. The van der Waals surface area contributed by atoms with Crippen molar-refractivity contribution in [3.63, 3.8) is 0 Å². The van der Waals surface area contributed by atoms with Gasteiger partial charge in [-0.15, -0.1) is 0 Å². The van der Waals surface area contributed by atoms with E-state index in [0.717, 1.165) is 23.6 Å². The highest BCUT2D eigenvalue weighted by Crippen LogP contribution is 2.49. The summed E-state index contributed by atoms with van der Waals surface area (Å²) < 4.78 is 11.1. The minimum atomic E-state index is -0.261. The van der Waals surface area contributed by atoms with Crippen molar-refractivity contribution in [2.24, 2.45) is 0 Å². The molecule has 20 heavy (non-hydrogen) atoms. The maximum Gasteiger partial charge on any atom is 0.205 e. The first kappa shape index (κ1) is 14.3. The molecule has 0 aromatic heterocycles. The Labute approximate surface area is 118 Å². The lowest BCUT2D eigenvalue weighted by molar-refractivity contribution is 0.279. The highest BCUT2D eigenvalue weighted by atomic mass is 16.5. The first-order valence-electron chi connectivity index (χ1n) is 6.92. The number of ether oxygens (including phenoxy) is 2. The first-order chi connectivity index (χ1) is 9.70. The van der Waals surface area contributed by atoms with Crippen LogP contribution in [0.3, 0.4) is 0 Å². The van der Waals surface area contributed by atoms with Gasteiger partial charge in [0.2, 0.25) is 11.5 Å². The van der Waals surface area contributed by atoms with Gasteiger partial charge in [0.15, 0.2) is 11.5 Å². The fourth-order valence-electron chi connectivity index (χ4n) is 2.05. The van der Waals surface area contributed by atoms with E-state index in [1.807, 2.05) is 38.1 Å². The molecule has 2 N–H and O–H groups in total. The summed E-state index contributed by atoms with van der Waals surface area (Å²) >= 11 is 0. The predicted molar refractivity (Wildman–Crippen MR) is 78.8 cm³/mol. The Morgan fingerprint density at radius 3 is 1.55 bits per heavy atom. The van der Waals surface area contributed by atoms with Crippen molar-refractivity contribution in [1.29, 1.82) is 0 Å². The lowest BCUT2D eigenvalue weighted by atomic mass is 10.1. The van der Waals surface area contributed by atoms with Crippen molar-refractivity contribution in [3.05, 3.63) is 24.3 Å². The molecule has 0 aliphatic rings. The summed E-state index contributed by atoms with van der Waals surface area (Å²) in [5.41, 5.74) is 0. The number of phenols is 2. The molecule has 0 unspecified atom stereocenters. The molecule has 4 heteroatoms. The lowest BCUT2D eigenvalue weighted by Gasteiger charge is -2.16. The summed E-state index contributed by atoms with van der Waals surface area (Å²) in [7, 11) is 0. The normalized spacial score (nSPS) is 10.7. The number of hydrogen-bond donors (Lipinski definition) is 2. The van der Waals surface area contributed by atoms with Crippen LogP contribution in [0.5, 0.6) is 23.0 Å². The van der Waals surface area contributed by atoms with E-state index in [1.165, 1.54) is 0 Å². The zero-order valence-electron chi connectivity index (χ0n) is 11.8. The number of aromatic hydroxyl groups is 2. The van der Waals surface area contributed by atoms with E-state index in [4.69, 9.17) is 9.47 Å².